The standard InChI is InChI=1S/C25H39NO4S/c1-18(2)24(16-28)26-31(30,22-11-9-19(3)10-12-22)17-21-7-5-6-8-23(21)25(29)15-20(4)13-14-27/h9-13,17-18,23-25,27-29H,5-8,14-16H2,1-4H3/b20-13-,21-17-/t23-,24-,25+,31?/m0/s1. The van der Waals surface area contributed by atoms with Gasteiger partial charge in [-0.05, 0) is 57.6 Å². The van der Waals surface area contributed by atoms with Crippen LogP contribution in [0.5, 0.6) is 0 Å². The van der Waals surface area contributed by atoms with Crippen LogP contribution in [0.4, 0.5) is 0 Å². The first-order chi connectivity index (χ1) is 14.7. The Morgan fingerprint density at radius 1 is 1.23 bits per heavy atom. The van der Waals surface area contributed by atoms with E-state index in [9.17, 15) is 14.4 Å². The molecule has 1 aliphatic rings. The van der Waals surface area contributed by atoms with Crippen molar-refractivity contribution in [3.8, 4) is 0 Å². The highest BCUT2D eigenvalue weighted by atomic mass is 32.2. The summed E-state index contributed by atoms with van der Waals surface area (Å²) < 4.78 is 18.9. The van der Waals surface area contributed by atoms with Gasteiger partial charge in [-0.15, -0.1) is 0 Å². The summed E-state index contributed by atoms with van der Waals surface area (Å²) in [6.07, 6.45) is 5.26. The van der Waals surface area contributed by atoms with Crippen molar-refractivity contribution in [1.82, 2.24) is 0 Å². The number of nitrogens with zero attached hydrogens (tertiary/aromatic N) is 1. The molecule has 6 heteroatoms. The molecule has 1 aromatic carbocycles. The lowest BCUT2D eigenvalue weighted by molar-refractivity contribution is 0.111. The van der Waals surface area contributed by atoms with Crippen molar-refractivity contribution in [3.63, 3.8) is 0 Å². The Kier molecular flexibility index (Phi) is 9.94. The van der Waals surface area contributed by atoms with Crippen molar-refractivity contribution >= 4 is 9.73 Å². The van der Waals surface area contributed by atoms with E-state index in [4.69, 9.17) is 5.11 Å². The molecule has 3 N–H and O–H groups in total. The minimum absolute atomic E-state index is 0.0379. The zero-order valence-corrected chi connectivity index (χ0v) is 20.1. The maximum atomic E-state index is 14.3. The van der Waals surface area contributed by atoms with Gasteiger partial charge in [0, 0.05) is 11.3 Å². The Hall–Kier alpha value is -1.47. The number of aliphatic hydroxyl groups excluding tert-OH is 3. The van der Waals surface area contributed by atoms with Crippen LogP contribution in [0.1, 0.15) is 58.4 Å². The first-order valence-electron chi connectivity index (χ1n) is 11.3. The van der Waals surface area contributed by atoms with E-state index < -0.39 is 21.9 Å². The number of aliphatic hydroxyl groups is 3. The summed E-state index contributed by atoms with van der Waals surface area (Å²) in [6, 6.07) is 7.16. The lowest BCUT2D eigenvalue weighted by Gasteiger charge is -2.30. The number of benzene rings is 1. The van der Waals surface area contributed by atoms with Crippen molar-refractivity contribution in [3.05, 3.63) is 52.5 Å². The number of rotatable bonds is 9. The molecule has 0 heterocycles. The maximum Gasteiger partial charge on any atom is 0.0972 e. The van der Waals surface area contributed by atoms with Crippen LogP contribution in [0.3, 0.4) is 0 Å². The number of aryl methyl sites for hydroxylation is 1. The SMILES string of the molecule is C/C(=C/CO)C[C@@H](O)[C@H]1CCCC/C1=C/S(=O)(=N[C@@H](CO)C(C)C)c1ccc(C)cc1. The third kappa shape index (κ3) is 7.28. The average molecular weight is 450 g/mol. The Morgan fingerprint density at radius 2 is 1.90 bits per heavy atom. The zero-order valence-electron chi connectivity index (χ0n) is 19.3. The highest BCUT2D eigenvalue weighted by molar-refractivity contribution is 7.96. The fourth-order valence-electron chi connectivity index (χ4n) is 4.03. The molecule has 0 aliphatic heterocycles. The first-order valence-corrected chi connectivity index (χ1v) is 12.9. The zero-order chi connectivity index (χ0) is 23.0. The molecule has 4 atom stereocenters. The summed E-state index contributed by atoms with van der Waals surface area (Å²) in [6.45, 7) is 7.64. The molecule has 1 unspecified atom stereocenters. The number of hydrogen-bond acceptors (Lipinski definition) is 5. The lowest BCUT2D eigenvalue weighted by Crippen LogP contribution is -2.26. The summed E-state index contributed by atoms with van der Waals surface area (Å²) in [4.78, 5) is 0.639. The van der Waals surface area contributed by atoms with Crippen LogP contribution >= 0.6 is 0 Å². The number of hydrogen-bond donors (Lipinski definition) is 3. The summed E-state index contributed by atoms with van der Waals surface area (Å²) in [5, 5.41) is 31.7. The topological polar surface area (TPSA) is 90.1 Å². The highest BCUT2D eigenvalue weighted by Gasteiger charge is 2.28. The molecular formula is C25H39NO4S. The molecule has 31 heavy (non-hydrogen) atoms. The van der Waals surface area contributed by atoms with Crippen molar-refractivity contribution in [2.45, 2.75) is 76.8 Å². The van der Waals surface area contributed by atoms with E-state index in [0.29, 0.717) is 11.3 Å². The van der Waals surface area contributed by atoms with Gasteiger partial charge in [0.05, 0.1) is 40.0 Å². The van der Waals surface area contributed by atoms with Crippen LogP contribution in [0.15, 0.2) is 56.2 Å². The summed E-state index contributed by atoms with van der Waals surface area (Å²) >= 11 is 0. The molecule has 0 bridgehead atoms. The van der Waals surface area contributed by atoms with Gasteiger partial charge in [0.1, 0.15) is 0 Å². The van der Waals surface area contributed by atoms with Crippen molar-refractivity contribution in [2.24, 2.45) is 16.2 Å². The van der Waals surface area contributed by atoms with Gasteiger partial charge in [-0.3, -0.25) is 0 Å². The van der Waals surface area contributed by atoms with Gasteiger partial charge in [0.15, 0.2) is 0 Å². The van der Waals surface area contributed by atoms with Gasteiger partial charge < -0.3 is 15.3 Å². The van der Waals surface area contributed by atoms with Crippen LogP contribution in [0.2, 0.25) is 0 Å². The molecule has 2 rings (SSSR count). The van der Waals surface area contributed by atoms with E-state index in [1.54, 1.807) is 11.5 Å². The van der Waals surface area contributed by atoms with Gasteiger partial charge in [0.25, 0.3) is 0 Å². The van der Waals surface area contributed by atoms with Gasteiger partial charge in [-0.2, -0.15) is 0 Å². The van der Waals surface area contributed by atoms with E-state index in [1.165, 1.54) is 0 Å². The molecular weight excluding hydrogens is 410 g/mol. The monoisotopic (exact) mass is 449 g/mol. The minimum atomic E-state index is -2.91. The second-order valence-corrected chi connectivity index (χ2v) is 11.1. The Morgan fingerprint density at radius 3 is 2.48 bits per heavy atom. The van der Waals surface area contributed by atoms with Crippen LogP contribution in [0, 0.1) is 18.8 Å². The Bertz CT molecular complexity index is 879. The second kappa shape index (κ2) is 12.0. The van der Waals surface area contributed by atoms with Gasteiger partial charge in [-0.1, -0.05) is 55.2 Å². The second-order valence-electron chi connectivity index (χ2n) is 9.03. The van der Waals surface area contributed by atoms with Crippen molar-refractivity contribution < 1.29 is 19.5 Å². The normalized spacial score (nSPS) is 22.9. The van der Waals surface area contributed by atoms with Crippen LogP contribution in [-0.2, 0) is 9.73 Å². The van der Waals surface area contributed by atoms with E-state index in [-0.39, 0.29) is 25.0 Å². The molecule has 0 saturated heterocycles. The van der Waals surface area contributed by atoms with Crippen LogP contribution in [0.25, 0.3) is 0 Å². The fourth-order valence-corrected chi connectivity index (χ4v) is 6.29. The molecule has 174 valence electrons. The van der Waals surface area contributed by atoms with E-state index in [2.05, 4.69) is 4.36 Å². The molecule has 5 nitrogen and oxygen atoms in total. The largest absolute Gasteiger partial charge is 0.394 e. The highest BCUT2D eigenvalue weighted by Crippen LogP contribution is 2.36. The smallest absolute Gasteiger partial charge is 0.0972 e. The molecule has 1 fully saturated rings. The minimum Gasteiger partial charge on any atom is -0.394 e. The molecule has 1 saturated carbocycles. The summed E-state index contributed by atoms with van der Waals surface area (Å²) in [5.74, 6) is -0.0161. The predicted molar refractivity (Wildman–Crippen MR) is 127 cm³/mol. The van der Waals surface area contributed by atoms with Gasteiger partial charge in [-0.25, -0.2) is 8.57 Å². The maximum absolute atomic E-state index is 14.3. The first kappa shape index (κ1) is 25.8. The van der Waals surface area contributed by atoms with Crippen molar-refractivity contribution in [1.29, 1.82) is 0 Å². The molecule has 0 aromatic heterocycles. The average Bonchev–Trinajstić information content (AvgIpc) is 2.72. The summed E-state index contributed by atoms with van der Waals surface area (Å²) in [5.41, 5.74) is 3.02. The van der Waals surface area contributed by atoms with E-state index in [0.717, 1.165) is 42.4 Å². The van der Waals surface area contributed by atoms with Crippen LogP contribution in [-0.4, -0.2) is 44.9 Å². The molecule has 1 aliphatic carbocycles. The van der Waals surface area contributed by atoms with E-state index in [1.807, 2.05) is 52.0 Å². The third-order valence-corrected chi connectivity index (χ3v) is 8.21. The van der Waals surface area contributed by atoms with Gasteiger partial charge in [0.2, 0.25) is 0 Å². The lowest BCUT2D eigenvalue weighted by atomic mass is 9.80. The van der Waals surface area contributed by atoms with E-state index >= 15 is 0 Å². The Labute approximate surface area is 188 Å². The van der Waals surface area contributed by atoms with Crippen LogP contribution < -0.4 is 0 Å². The van der Waals surface area contributed by atoms with Gasteiger partial charge >= 0.3 is 0 Å². The predicted octanol–water partition coefficient (Wildman–Crippen LogP) is 4.60. The molecule has 0 spiro atoms. The quantitative estimate of drug-likeness (QED) is 0.481. The molecule has 0 amide bonds. The fraction of sp³-hybridized carbons (Fsp3) is 0.600. The van der Waals surface area contributed by atoms with Crippen molar-refractivity contribution in [2.75, 3.05) is 13.2 Å². The molecule has 0 radical (unpaired) electrons. The Balaban J connectivity index is 2.53. The summed E-state index contributed by atoms with van der Waals surface area (Å²) in [7, 11) is -2.91. The third-order valence-electron chi connectivity index (χ3n) is 6.06. The molecule has 1 aromatic rings.